The first-order valence-corrected chi connectivity index (χ1v) is 8.55. The van der Waals surface area contributed by atoms with Crippen LogP contribution in [0.25, 0.3) is 0 Å². The van der Waals surface area contributed by atoms with Crippen molar-refractivity contribution in [3.63, 3.8) is 0 Å². The lowest BCUT2D eigenvalue weighted by molar-refractivity contribution is -0.134. The average Bonchev–Trinajstić information content (AvgIpc) is 3.05. The molecule has 0 bridgehead atoms. The van der Waals surface area contributed by atoms with Crippen molar-refractivity contribution in [3.8, 4) is 0 Å². The van der Waals surface area contributed by atoms with Crippen LogP contribution in [0.5, 0.6) is 0 Å². The number of Topliss-reactive ketones (excluding diaryl/α,β-unsaturated/α-hetero) is 1. The topological polar surface area (TPSA) is 33.2 Å². The van der Waals surface area contributed by atoms with E-state index in [0.717, 1.165) is 11.8 Å². The van der Waals surface area contributed by atoms with Crippen molar-refractivity contribution in [2.45, 2.75) is 25.9 Å². The normalized spacial score (nSPS) is 16.4. The summed E-state index contributed by atoms with van der Waals surface area (Å²) >= 11 is 0.659. The van der Waals surface area contributed by atoms with E-state index < -0.39 is 11.1 Å². The molecule has 0 saturated carbocycles. The van der Waals surface area contributed by atoms with E-state index in [4.69, 9.17) is 0 Å². The lowest BCUT2D eigenvalue weighted by atomic mass is 9.89. The number of carbonyl (C=O) groups excluding carboxylic acids is 1. The quantitative estimate of drug-likeness (QED) is 0.757. The molecule has 0 spiro atoms. The molecule has 0 aliphatic carbocycles. The van der Waals surface area contributed by atoms with Crippen LogP contribution in [0, 0.1) is 12.8 Å². The van der Waals surface area contributed by atoms with Crippen LogP contribution in [-0.4, -0.2) is 23.9 Å². The molecule has 0 unspecified atom stereocenters. The highest BCUT2D eigenvalue weighted by Gasteiger charge is 2.34. The van der Waals surface area contributed by atoms with E-state index in [0.29, 0.717) is 48.0 Å². The van der Waals surface area contributed by atoms with Gasteiger partial charge in [-0.15, -0.1) is 0 Å². The van der Waals surface area contributed by atoms with Crippen molar-refractivity contribution in [3.05, 3.63) is 46.5 Å². The van der Waals surface area contributed by atoms with Crippen LogP contribution in [0.1, 0.15) is 33.6 Å². The number of halogens is 3. The standard InChI is InChI=1S/C17H17F3N2OS/c1-11-2-4-12(5-3-11)15(23)13-6-8-22(9-7-13)16-21-10-14(24-16)17(18,19)20/h2-5,10,13H,6-9H2,1H3. The first-order valence-electron chi connectivity index (χ1n) is 7.73. The maximum Gasteiger partial charge on any atom is 0.427 e. The van der Waals surface area contributed by atoms with Crippen LogP contribution < -0.4 is 4.90 Å². The summed E-state index contributed by atoms with van der Waals surface area (Å²) in [5.41, 5.74) is 1.80. The maximum absolute atomic E-state index is 12.7. The van der Waals surface area contributed by atoms with Crippen LogP contribution in [-0.2, 0) is 6.18 Å². The highest BCUT2D eigenvalue weighted by atomic mass is 32.1. The summed E-state index contributed by atoms with van der Waals surface area (Å²) in [4.78, 5) is 17.5. The van der Waals surface area contributed by atoms with Gasteiger partial charge in [-0.25, -0.2) is 4.98 Å². The van der Waals surface area contributed by atoms with E-state index in [2.05, 4.69) is 4.98 Å². The van der Waals surface area contributed by atoms with E-state index >= 15 is 0 Å². The summed E-state index contributed by atoms with van der Waals surface area (Å²) in [6.07, 6.45) is -2.21. The summed E-state index contributed by atoms with van der Waals surface area (Å²) in [7, 11) is 0. The number of aryl methyl sites for hydroxylation is 1. The second-order valence-corrected chi connectivity index (χ2v) is 7.01. The molecular formula is C17H17F3N2OS. The number of piperidine rings is 1. The van der Waals surface area contributed by atoms with Gasteiger partial charge in [-0.2, -0.15) is 13.2 Å². The largest absolute Gasteiger partial charge is 0.427 e. The Morgan fingerprint density at radius 2 is 1.83 bits per heavy atom. The summed E-state index contributed by atoms with van der Waals surface area (Å²) < 4.78 is 38.0. The Hall–Kier alpha value is -1.89. The number of benzene rings is 1. The maximum atomic E-state index is 12.7. The van der Waals surface area contributed by atoms with Gasteiger partial charge in [0, 0.05) is 24.6 Å². The number of hydrogen-bond donors (Lipinski definition) is 0. The Bertz CT molecular complexity index is 716. The molecule has 128 valence electrons. The minimum Gasteiger partial charge on any atom is -0.348 e. The average molecular weight is 354 g/mol. The van der Waals surface area contributed by atoms with Crippen molar-refractivity contribution in [2.75, 3.05) is 18.0 Å². The van der Waals surface area contributed by atoms with E-state index in [-0.39, 0.29) is 11.7 Å². The first kappa shape index (κ1) is 17.0. The Labute approximate surface area is 142 Å². The minimum absolute atomic E-state index is 0.0778. The fourth-order valence-electron chi connectivity index (χ4n) is 2.83. The molecule has 24 heavy (non-hydrogen) atoms. The van der Waals surface area contributed by atoms with Gasteiger partial charge < -0.3 is 4.90 Å². The van der Waals surface area contributed by atoms with E-state index in [9.17, 15) is 18.0 Å². The number of carbonyl (C=O) groups is 1. The van der Waals surface area contributed by atoms with Gasteiger partial charge in [0.25, 0.3) is 0 Å². The minimum atomic E-state index is -4.35. The number of thiazole rings is 1. The highest BCUT2D eigenvalue weighted by Crippen LogP contribution is 2.37. The third-order valence-electron chi connectivity index (χ3n) is 4.25. The number of aromatic nitrogens is 1. The summed E-state index contributed by atoms with van der Waals surface area (Å²) in [5.74, 6) is 0.0378. The molecule has 1 saturated heterocycles. The van der Waals surface area contributed by atoms with Crippen LogP contribution in [0.4, 0.5) is 18.3 Å². The third-order valence-corrected chi connectivity index (χ3v) is 5.35. The molecule has 7 heteroatoms. The van der Waals surface area contributed by atoms with Gasteiger partial charge in [-0.3, -0.25) is 4.79 Å². The van der Waals surface area contributed by atoms with Crippen molar-refractivity contribution in [1.82, 2.24) is 4.98 Å². The van der Waals surface area contributed by atoms with Gasteiger partial charge in [0.15, 0.2) is 10.9 Å². The van der Waals surface area contributed by atoms with E-state index in [1.165, 1.54) is 0 Å². The van der Waals surface area contributed by atoms with Gasteiger partial charge in [0.05, 0.1) is 6.20 Å². The number of alkyl halides is 3. The predicted octanol–water partition coefficient (Wildman–Crippen LogP) is 4.57. The number of rotatable bonds is 3. The molecule has 0 amide bonds. The van der Waals surface area contributed by atoms with E-state index in [1.807, 2.05) is 36.1 Å². The third kappa shape index (κ3) is 3.61. The van der Waals surface area contributed by atoms with Gasteiger partial charge in [0.1, 0.15) is 4.88 Å². The summed E-state index contributed by atoms with van der Waals surface area (Å²) in [6, 6.07) is 7.49. The molecular weight excluding hydrogens is 337 g/mol. The Balaban J connectivity index is 1.62. The Morgan fingerprint density at radius 3 is 2.38 bits per heavy atom. The lowest BCUT2D eigenvalue weighted by Crippen LogP contribution is -2.36. The molecule has 1 aromatic heterocycles. The zero-order valence-electron chi connectivity index (χ0n) is 13.1. The summed E-state index contributed by atoms with van der Waals surface area (Å²) in [5, 5.41) is 0.378. The van der Waals surface area contributed by atoms with Crippen molar-refractivity contribution < 1.29 is 18.0 Å². The molecule has 3 nitrogen and oxygen atoms in total. The molecule has 0 atom stereocenters. The number of ketones is 1. The second kappa shape index (κ2) is 6.55. The first-order chi connectivity index (χ1) is 11.3. The molecule has 1 aromatic carbocycles. The zero-order valence-corrected chi connectivity index (χ0v) is 14.0. The van der Waals surface area contributed by atoms with Crippen LogP contribution >= 0.6 is 11.3 Å². The van der Waals surface area contributed by atoms with Gasteiger partial charge in [-0.1, -0.05) is 41.2 Å². The number of hydrogen-bond acceptors (Lipinski definition) is 4. The molecule has 3 rings (SSSR count). The van der Waals surface area contributed by atoms with Crippen LogP contribution in [0.2, 0.25) is 0 Å². The summed E-state index contributed by atoms with van der Waals surface area (Å²) in [6.45, 7) is 3.07. The van der Waals surface area contributed by atoms with Crippen molar-refractivity contribution in [1.29, 1.82) is 0 Å². The lowest BCUT2D eigenvalue weighted by Gasteiger charge is -2.31. The molecule has 0 N–H and O–H groups in total. The van der Waals surface area contributed by atoms with E-state index in [1.54, 1.807) is 0 Å². The second-order valence-electron chi connectivity index (χ2n) is 6.00. The Kier molecular flexibility index (Phi) is 4.62. The van der Waals surface area contributed by atoms with Crippen LogP contribution in [0.3, 0.4) is 0 Å². The smallest absolute Gasteiger partial charge is 0.348 e. The zero-order chi connectivity index (χ0) is 17.3. The fourth-order valence-corrected chi connectivity index (χ4v) is 3.66. The number of anilines is 1. The molecule has 1 aliphatic heterocycles. The van der Waals surface area contributed by atoms with Crippen LogP contribution in [0.15, 0.2) is 30.5 Å². The Morgan fingerprint density at radius 1 is 1.21 bits per heavy atom. The molecule has 2 heterocycles. The van der Waals surface area contributed by atoms with Crippen molar-refractivity contribution in [2.24, 2.45) is 5.92 Å². The molecule has 0 radical (unpaired) electrons. The monoisotopic (exact) mass is 354 g/mol. The SMILES string of the molecule is Cc1ccc(C(=O)C2CCN(c3ncc(C(F)(F)F)s3)CC2)cc1. The fraction of sp³-hybridized carbons (Fsp3) is 0.412. The molecule has 2 aromatic rings. The van der Waals surface area contributed by atoms with Gasteiger partial charge in [0.2, 0.25) is 0 Å². The van der Waals surface area contributed by atoms with Crippen molar-refractivity contribution >= 4 is 22.3 Å². The number of nitrogens with zero attached hydrogens (tertiary/aromatic N) is 2. The highest BCUT2D eigenvalue weighted by molar-refractivity contribution is 7.15. The van der Waals surface area contributed by atoms with Gasteiger partial charge in [-0.05, 0) is 19.8 Å². The molecule has 1 fully saturated rings. The predicted molar refractivity (Wildman–Crippen MR) is 87.6 cm³/mol. The molecule has 1 aliphatic rings. The van der Waals surface area contributed by atoms with Gasteiger partial charge >= 0.3 is 6.18 Å².